The zero-order valence-corrected chi connectivity index (χ0v) is 23.7. The molecule has 0 saturated carbocycles. The van der Waals surface area contributed by atoms with Crippen LogP contribution >= 0.6 is 15.9 Å². The lowest BCUT2D eigenvalue weighted by atomic mass is 9.54. The van der Waals surface area contributed by atoms with Crippen molar-refractivity contribution in [1.29, 1.82) is 15.8 Å². The van der Waals surface area contributed by atoms with E-state index in [9.17, 15) is 15.8 Å². The van der Waals surface area contributed by atoms with Crippen LogP contribution in [0.2, 0.25) is 0 Å². The molecule has 2 N–H and O–H groups in total. The summed E-state index contributed by atoms with van der Waals surface area (Å²) >= 11 is 3.65. The minimum absolute atomic E-state index is 0.0153. The number of fused-ring (bicyclic) bond motifs is 1. The van der Waals surface area contributed by atoms with Crippen molar-refractivity contribution in [2.24, 2.45) is 28.4 Å². The van der Waals surface area contributed by atoms with Crippen molar-refractivity contribution in [2.45, 2.75) is 46.1 Å². The molecule has 0 unspecified atom stereocenters. The number of hydrogen-bond acceptors (Lipinski definition) is 6. The van der Waals surface area contributed by atoms with E-state index in [1.165, 1.54) is 0 Å². The van der Waals surface area contributed by atoms with E-state index in [0.29, 0.717) is 28.5 Å². The van der Waals surface area contributed by atoms with Gasteiger partial charge in [0, 0.05) is 5.92 Å². The van der Waals surface area contributed by atoms with Crippen LogP contribution in [0.3, 0.4) is 0 Å². The number of rotatable bonds is 5. The molecule has 4 rings (SSSR count). The number of benzene rings is 2. The van der Waals surface area contributed by atoms with Crippen LogP contribution < -0.4 is 15.2 Å². The van der Waals surface area contributed by atoms with Crippen molar-refractivity contribution in [2.75, 3.05) is 7.11 Å². The molecular formula is C31H31BrN4O2. The summed E-state index contributed by atoms with van der Waals surface area (Å²) in [5, 5.41) is 30.9. The largest absolute Gasteiger partial charge is 0.493 e. The minimum atomic E-state index is -1.70. The number of nitriles is 3. The van der Waals surface area contributed by atoms with Gasteiger partial charge < -0.3 is 15.2 Å². The molecule has 0 aromatic heterocycles. The topological polar surface area (TPSA) is 116 Å². The number of methoxy groups -OCH3 is 1. The zero-order valence-electron chi connectivity index (χ0n) is 22.1. The van der Waals surface area contributed by atoms with Gasteiger partial charge in [0.25, 0.3) is 0 Å². The van der Waals surface area contributed by atoms with E-state index in [1.807, 2.05) is 42.5 Å². The molecule has 0 spiro atoms. The Balaban J connectivity index is 1.87. The van der Waals surface area contributed by atoms with Crippen LogP contribution in [0.25, 0.3) is 0 Å². The lowest BCUT2D eigenvalue weighted by molar-refractivity contribution is 0.170. The van der Waals surface area contributed by atoms with Crippen LogP contribution in [0.5, 0.6) is 11.5 Å². The molecule has 0 radical (unpaired) electrons. The standard InChI is InChI=1S/C31H31BrN4O2/c1-30(2,3)21-10-11-22-23(14-21)27(31(17-34,18-35)29(36)24(22)15-33)20-12-25(32)28(26(13-20)37-4)38-16-19-8-6-5-7-9-19/h5-9,11-13,21,23,27H,10,14,16,36H2,1-4H3/t21-,23-,27-/m0/s1. The number of nitrogens with two attached hydrogens (primary N) is 1. The van der Waals surface area contributed by atoms with E-state index in [1.54, 1.807) is 7.11 Å². The fourth-order valence-electron chi connectivity index (χ4n) is 5.76. The molecule has 0 aliphatic heterocycles. The van der Waals surface area contributed by atoms with Crippen LogP contribution in [-0.2, 0) is 6.61 Å². The molecule has 2 aliphatic carbocycles. The molecule has 7 heteroatoms. The van der Waals surface area contributed by atoms with Gasteiger partial charge in [-0.05, 0) is 74.9 Å². The van der Waals surface area contributed by atoms with Crippen molar-refractivity contribution >= 4 is 15.9 Å². The Hall–Kier alpha value is -3.73. The summed E-state index contributed by atoms with van der Waals surface area (Å²) in [4.78, 5) is 0. The minimum Gasteiger partial charge on any atom is -0.493 e. The Bertz CT molecular complexity index is 1400. The molecular weight excluding hydrogens is 540 g/mol. The number of halogens is 1. The highest BCUT2D eigenvalue weighted by molar-refractivity contribution is 9.10. The van der Waals surface area contributed by atoms with Gasteiger partial charge in [0.05, 0.1) is 35.0 Å². The van der Waals surface area contributed by atoms with Crippen molar-refractivity contribution < 1.29 is 9.47 Å². The average Bonchev–Trinajstić information content (AvgIpc) is 2.91. The summed E-state index contributed by atoms with van der Waals surface area (Å²) in [6.07, 6.45) is 3.63. The Kier molecular flexibility index (Phi) is 7.59. The normalized spacial score (nSPS) is 22.3. The summed E-state index contributed by atoms with van der Waals surface area (Å²) in [7, 11) is 1.56. The first-order valence-electron chi connectivity index (χ1n) is 12.6. The molecule has 2 aromatic carbocycles. The Morgan fingerprint density at radius 1 is 1.11 bits per heavy atom. The molecule has 0 bridgehead atoms. The molecule has 2 aliphatic rings. The predicted molar refractivity (Wildman–Crippen MR) is 148 cm³/mol. The van der Waals surface area contributed by atoms with E-state index in [4.69, 9.17) is 15.2 Å². The summed E-state index contributed by atoms with van der Waals surface area (Å²) < 4.78 is 12.5. The molecule has 3 atom stereocenters. The average molecular weight is 572 g/mol. The third-order valence-corrected chi connectivity index (χ3v) is 8.53. The summed E-state index contributed by atoms with van der Waals surface area (Å²) in [6, 6.07) is 20.2. The smallest absolute Gasteiger partial charge is 0.191 e. The van der Waals surface area contributed by atoms with Gasteiger partial charge in [-0.2, -0.15) is 15.8 Å². The van der Waals surface area contributed by atoms with E-state index >= 15 is 0 Å². The second-order valence-electron chi connectivity index (χ2n) is 11.0. The Morgan fingerprint density at radius 2 is 1.79 bits per heavy atom. The van der Waals surface area contributed by atoms with Gasteiger partial charge in [-0.1, -0.05) is 57.2 Å². The van der Waals surface area contributed by atoms with E-state index in [-0.39, 0.29) is 22.6 Å². The summed E-state index contributed by atoms with van der Waals surface area (Å²) in [5.74, 6) is 0.495. The van der Waals surface area contributed by atoms with E-state index < -0.39 is 11.3 Å². The first-order valence-corrected chi connectivity index (χ1v) is 13.4. The van der Waals surface area contributed by atoms with Gasteiger partial charge in [-0.3, -0.25) is 0 Å². The first-order chi connectivity index (χ1) is 18.1. The lowest BCUT2D eigenvalue weighted by Gasteiger charge is -2.47. The third kappa shape index (κ3) is 4.66. The van der Waals surface area contributed by atoms with Crippen molar-refractivity contribution in [1.82, 2.24) is 0 Å². The van der Waals surface area contributed by atoms with Crippen molar-refractivity contribution in [3.63, 3.8) is 0 Å². The molecule has 2 aromatic rings. The predicted octanol–water partition coefficient (Wildman–Crippen LogP) is 6.90. The molecule has 38 heavy (non-hydrogen) atoms. The number of nitrogens with zero attached hydrogens (tertiary/aromatic N) is 3. The van der Waals surface area contributed by atoms with E-state index in [2.05, 4.69) is 61.0 Å². The maximum absolute atomic E-state index is 10.5. The van der Waals surface area contributed by atoms with Crippen LogP contribution in [0, 0.1) is 56.7 Å². The summed E-state index contributed by atoms with van der Waals surface area (Å²) in [6.45, 7) is 6.95. The fraction of sp³-hybridized carbons (Fsp3) is 0.387. The lowest BCUT2D eigenvalue weighted by Crippen LogP contribution is -2.44. The van der Waals surface area contributed by atoms with E-state index in [0.717, 1.165) is 29.5 Å². The van der Waals surface area contributed by atoms with Crippen LogP contribution in [0.4, 0.5) is 0 Å². The third-order valence-electron chi connectivity index (χ3n) is 7.94. The van der Waals surface area contributed by atoms with Gasteiger partial charge in [-0.15, -0.1) is 0 Å². The SMILES string of the molecule is COc1cc([C@H]2[C@H]3C[C@@H](C(C)(C)C)CC=C3C(C#N)=C(N)C2(C#N)C#N)cc(Br)c1OCc1ccccc1. The van der Waals surface area contributed by atoms with Gasteiger partial charge in [0.2, 0.25) is 0 Å². The van der Waals surface area contributed by atoms with Crippen LogP contribution in [0.1, 0.15) is 50.7 Å². The maximum Gasteiger partial charge on any atom is 0.191 e. The van der Waals surface area contributed by atoms with Gasteiger partial charge in [0.15, 0.2) is 16.9 Å². The second-order valence-corrected chi connectivity index (χ2v) is 11.9. The summed E-state index contributed by atoms with van der Waals surface area (Å²) in [5.41, 5.74) is 7.66. The molecule has 194 valence electrons. The molecule has 6 nitrogen and oxygen atoms in total. The highest BCUT2D eigenvalue weighted by Crippen LogP contribution is 2.59. The zero-order chi connectivity index (χ0) is 27.7. The quantitative estimate of drug-likeness (QED) is 0.417. The van der Waals surface area contributed by atoms with Gasteiger partial charge >= 0.3 is 0 Å². The van der Waals surface area contributed by atoms with Crippen LogP contribution in [0.15, 0.2) is 69.9 Å². The van der Waals surface area contributed by atoms with Crippen molar-refractivity contribution in [3.8, 4) is 29.7 Å². The van der Waals surface area contributed by atoms with Crippen molar-refractivity contribution in [3.05, 3.63) is 81.0 Å². The Morgan fingerprint density at radius 3 is 2.37 bits per heavy atom. The molecule has 0 heterocycles. The highest BCUT2D eigenvalue weighted by atomic mass is 79.9. The molecule has 0 saturated heterocycles. The van der Waals surface area contributed by atoms with Gasteiger partial charge in [0.1, 0.15) is 12.7 Å². The molecule has 0 amide bonds. The number of hydrogen-bond donors (Lipinski definition) is 1. The highest BCUT2D eigenvalue weighted by Gasteiger charge is 2.55. The number of allylic oxidation sites excluding steroid dienone is 4. The second kappa shape index (κ2) is 10.6. The Labute approximate surface area is 233 Å². The van der Waals surface area contributed by atoms with Gasteiger partial charge in [-0.25, -0.2) is 0 Å². The molecule has 0 fully saturated rings. The fourth-order valence-corrected chi connectivity index (χ4v) is 6.34. The maximum atomic E-state index is 10.5. The monoisotopic (exact) mass is 570 g/mol. The number of ether oxygens (including phenoxy) is 2. The van der Waals surface area contributed by atoms with Crippen LogP contribution in [-0.4, -0.2) is 7.11 Å². The first kappa shape index (κ1) is 27.3.